The van der Waals surface area contributed by atoms with Crippen LogP contribution in [0.15, 0.2) is 31.1 Å². The third-order valence-corrected chi connectivity index (χ3v) is 2.28. The molecule has 1 heterocycles. The SMILES string of the molecule is C=CCN(CCC)c1ccncc1CN. The molecule has 3 heteroatoms. The van der Waals surface area contributed by atoms with E-state index in [0.717, 1.165) is 25.1 Å². The molecule has 0 saturated heterocycles. The van der Waals surface area contributed by atoms with Gasteiger partial charge in [-0.25, -0.2) is 0 Å². The molecule has 0 atom stereocenters. The Morgan fingerprint density at radius 1 is 1.60 bits per heavy atom. The molecule has 0 aliphatic heterocycles. The minimum atomic E-state index is 0.528. The Balaban J connectivity index is 2.92. The number of pyridine rings is 1. The van der Waals surface area contributed by atoms with E-state index in [0.29, 0.717) is 6.54 Å². The van der Waals surface area contributed by atoms with E-state index < -0.39 is 0 Å². The van der Waals surface area contributed by atoms with Gasteiger partial charge in [0.1, 0.15) is 0 Å². The third kappa shape index (κ3) is 3.06. The minimum Gasteiger partial charge on any atom is -0.367 e. The molecule has 82 valence electrons. The van der Waals surface area contributed by atoms with Crippen molar-refractivity contribution in [2.75, 3.05) is 18.0 Å². The average Bonchev–Trinajstić information content (AvgIpc) is 2.29. The van der Waals surface area contributed by atoms with Crippen LogP contribution in [-0.2, 0) is 6.54 Å². The van der Waals surface area contributed by atoms with E-state index in [9.17, 15) is 0 Å². The van der Waals surface area contributed by atoms with Gasteiger partial charge in [0.15, 0.2) is 0 Å². The Kier molecular flexibility index (Phi) is 4.84. The molecule has 0 saturated carbocycles. The Hall–Kier alpha value is -1.35. The third-order valence-electron chi connectivity index (χ3n) is 2.28. The van der Waals surface area contributed by atoms with E-state index in [2.05, 4.69) is 23.4 Å². The zero-order valence-electron chi connectivity index (χ0n) is 9.32. The van der Waals surface area contributed by atoms with Crippen LogP contribution in [0.2, 0.25) is 0 Å². The summed E-state index contributed by atoms with van der Waals surface area (Å²) in [7, 11) is 0. The monoisotopic (exact) mass is 205 g/mol. The van der Waals surface area contributed by atoms with Crippen molar-refractivity contribution in [3.63, 3.8) is 0 Å². The standard InChI is InChI=1S/C12H19N3/c1-3-7-15(8-4-2)12-5-6-14-10-11(12)9-13/h3,5-6,10H,1,4,7-9,13H2,2H3. The molecule has 0 unspecified atom stereocenters. The molecule has 1 aromatic heterocycles. The van der Waals surface area contributed by atoms with Crippen molar-refractivity contribution in [3.8, 4) is 0 Å². The van der Waals surface area contributed by atoms with Gasteiger partial charge in [0.25, 0.3) is 0 Å². The summed E-state index contributed by atoms with van der Waals surface area (Å²) in [5.41, 5.74) is 7.95. The Morgan fingerprint density at radius 3 is 3.00 bits per heavy atom. The fourth-order valence-electron chi connectivity index (χ4n) is 1.62. The maximum Gasteiger partial charge on any atom is 0.0445 e. The normalized spacial score (nSPS) is 10.0. The molecule has 3 nitrogen and oxygen atoms in total. The van der Waals surface area contributed by atoms with Gasteiger partial charge in [-0.2, -0.15) is 0 Å². The first-order valence-electron chi connectivity index (χ1n) is 5.32. The topological polar surface area (TPSA) is 42.2 Å². The van der Waals surface area contributed by atoms with E-state index in [4.69, 9.17) is 5.73 Å². The van der Waals surface area contributed by atoms with Crippen molar-refractivity contribution in [3.05, 3.63) is 36.7 Å². The molecule has 0 bridgehead atoms. The van der Waals surface area contributed by atoms with E-state index in [-0.39, 0.29) is 0 Å². The van der Waals surface area contributed by atoms with Crippen LogP contribution in [0.3, 0.4) is 0 Å². The van der Waals surface area contributed by atoms with Gasteiger partial charge in [0.05, 0.1) is 0 Å². The summed E-state index contributed by atoms with van der Waals surface area (Å²) in [4.78, 5) is 6.36. The maximum absolute atomic E-state index is 5.69. The predicted molar refractivity (Wildman–Crippen MR) is 64.8 cm³/mol. The lowest BCUT2D eigenvalue weighted by molar-refractivity contribution is 0.807. The van der Waals surface area contributed by atoms with Crippen LogP contribution < -0.4 is 10.6 Å². The van der Waals surface area contributed by atoms with E-state index in [1.165, 1.54) is 5.69 Å². The van der Waals surface area contributed by atoms with Crippen molar-refractivity contribution in [2.45, 2.75) is 19.9 Å². The highest BCUT2D eigenvalue weighted by Gasteiger charge is 2.07. The van der Waals surface area contributed by atoms with Crippen LogP contribution in [0.1, 0.15) is 18.9 Å². The summed E-state index contributed by atoms with van der Waals surface area (Å²) in [6.45, 7) is 8.34. The van der Waals surface area contributed by atoms with Crippen LogP contribution in [0.4, 0.5) is 5.69 Å². The summed E-state index contributed by atoms with van der Waals surface area (Å²) in [6.07, 6.45) is 6.66. The number of rotatable bonds is 6. The number of hydrogen-bond acceptors (Lipinski definition) is 3. The molecular formula is C12H19N3. The Bertz CT molecular complexity index is 309. The van der Waals surface area contributed by atoms with Gasteiger partial charge in [-0.3, -0.25) is 4.98 Å². The van der Waals surface area contributed by atoms with Crippen LogP contribution in [0.25, 0.3) is 0 Å². The second-order valence-electron chi connectivity index (χ2n) is 3.44. The first-order valence-corrected chi connectivity index (χ1v) is 5.32. The van der Waals surface area contributed by atoms with Crippen molar-refractivity contribution in [2.24, 2.45) is 5.73 Å². The molecule has 1 rings (SSSR count). The van der Waals surface area contributed by atoms with Gasteiger partial charge in [0, 0.05) is 43.3 Å². The number of aromatic nitrogens is 1. The Labute approximate surface area is 91.6 Å². The minimum absolute atomic E-state index is 0.528. The lowest BCUT2D eigenvalue weighted by atomic mass is 10.2. The smallest absolute Gasteiger partial charge is 0.0445 e. The largest absolute Gasteiger partial charge is 0.367 e. The van der Waals surface area contributed by atoms with Gasteiger partial charge in [-0.05, 0) is 12.5 Å². The zero-order valence-corrected chi connectivity index (χ0v) is 9.32. The highest BCUT2D eigenvalue weighted by Crippen LogP contribution is 2.18. The predicted octanol–water partition coefficient (Wildman–Crippen LogP) is 1.94. The summed E-state index contributed by atoms with van der Waals surface area (Å²) in [6, 6.07) is 2.02. The van der Waals surface area contributed by atoms with Gasteiger partial charge in [0.2, 0.25) is 0 Å². The number of nitrogens with two attached hydrogens (primary N) is 1. The molecule has 2 N–H and O–H groups in total. The summed E-state index contributed by atoms with van der Waals surface area (Å²) in [5.74, 6) is 0. The molecule has 0 fully saturated rings. The van der Waals surface area contributed by atoms with Crippen LogP contribution in [0, 0.1) is 0 Å². The van der Waals surface area contributed by atoms with Gasteiger partial charge < -0.3 is 10.6 Å². The molecule has 0 aliphatic carbocycles. The highest BCUT2D eigenvalue weighted by atomic mass is 15.1. The van der Waals surface area contributed by atoms with Gasteiger partial charge in [-0.15, -0.1) is 6.58 Å². The Morgan fingerprint density at radius 2 is 2.40 bits per heavy atom. The van der Waals surface area contributed by atoms with E-state index in [1.54, 1.807) is 6.20 Å². The molecule has 0 amide bonds. The zero-order chi connectivity index (χ0) is 11.1. The molecule has 0 aliphatic rings. The van der Waals surface area contributed by atoms with Crippen LogP contribution >= 0.6 is 0 Å². The van der Waals surface area contributed by atoms with Crippen LogP contribution in [0.5, 0.6) is 0 Å². The summed E-state index contributed by atoms with van der Waals surface area (Å²) >= 11 is 0. The second kappa shape index (κ2) is 6.19. The highest BCUT2D eigenvalue weighted by molar-refractivity contribution is 5.52. The van der Waals surface area contributed by atoms with Crippen molar-refractivity contribution in [1.29, 1.82) is 0 Å². The van der Waals surface area contributed by atoms with Crippen molar-refractivity contribution < 1.29 is 0 Å². The van der Waals surface area contributed by atoms with E-state index in [1.807, 2.05) is 18.3 Å². The van der Waals surface area contributed by atoms with Gasteiger partial charge in [-0.1, -0.05) is 13.0 Å². The van der Waals surface area contributed by atoms with Crippen molar-refractivity contribution >= 4 is 5.69 Å². The summed E-state index contributed by atoms with van der Waals surface area (Å²) < 4.78 is 0. The quantitative estimate of drug-likeness (QED) is 0.722. The lowest BCUT2D eigenvalue weighted by Crippen LogP contribution is -2.25. The fourth-order valence-corrected chi connectivity index (χ4v) is 1.62. The van der Waals surface area contributed by atoms with Gasteiger partial charge >= 0.3 is 0 Å². The molecular weight excluding hydrogens is 186 g/mol. The average molecular weight is 205 g/mol. The summed E-state index contributed by atoms with van der Waals surface area (Å²) in [5, 5.41) is 0. The molecule has 1 aromatic rings. The lowest BCUT2D eigenvalue weighted by Gasteiger charge is -2.24. The van der Waals surface area contributed by atoms with Crippen molar-refractivity contribution in [1.82, 2.24) is 4.98 Å². The fraction of sp³-hybridized carbons (Fsp3) is 0.417. The van der Waals surface area contributed by atoms with E-state index >= 15 is 0 Å². The number of anilines is 1. The number of hydrogen-bond donors (Lipinski definition) is 1. The second-order valence-corrected chi connectivity index (χ2v) is 3.44. The molecule has 15 heavy (non-hydrogen) atoms. The number of nitrogens with zero attached hydrogens (tertiary/aromatic N) is 2. The first kappa shape index (κ1) is 11.7. The van der Waals surface area contributed by atoms with Crippen LogP contribution in [-0.4, -0.2) is 18.1 Å². The maximum atomic E-state index is 5.69. The molecule has 0 spiro atoms. The molecule has 0 radical (unpaired) electrons. The molecule has 0 aromatic carbocycles. The first-order chi connectivity index (χ1) is 7.33.